The van der Waals surface area contributed by atoms with Crippen LogP contribution < -0.4 is 0 Å². The maximum atomic E-state index is 10.9. The molecule has 0 atom stereocenters. The second-order valence-corrected chi connectivity index (χ2v) is 5.01. The second-order valence-electron chi connectivity index (χ2n) is 4.04. The Morgan fingerprint density at radius 1 is 1.55 bits per heavy atom. The number of nitrogens with one attached hydrogen (secondary N) is 1. The minimum atomic E-state index is -0.932. The number of hydrogen-bond donors (Lipinski definition) is 2. The number of aromatic nitrogens is 2. The van der Waals surface area contributed by atoms with Gasteiger partial charge < -0.3 is 10.1 Å². The fourth-order valence-electron chi connectivity index (χ4n) is 1.63. The number of imidazole rings is 1. The molecule has 0 unspecified atom stereocenters. The van der Waals surface area contributed by atoms with Crippen LogP contribution in [0.15, 0.2) is 29.6 Å². The van der Waals surface area contributed by atoms with E-state index in [1.807, 2.05) is 0 Å². The molecule has 0 saturated carbocycles. The van der Waals surface area contributed by atoms with Crippen LogP contribution in [0.1, 0.15) is 5.56 Å². The molecule has 0 saturated heterocycles. The first-order valence-corrected chi connectivity index (χ1v) is 6.61. The van der Waals surface area contributed by atoms with Gasteiger partial charge in [-0.3, -0.25) is 14.9 Å². The second kappa shape index (κ2) is 5.74. The van der Waals surface area contributed by atoms with Gasteiger partial charge in [-0.05, 0) is 6.92 Å². The van der Waals surface area contributed by atoms with E-state index >= 15 is 0 Å². The molecular formula is C12H11N3O4S. The Kier molecular flexibility index (Phi) is 4.04. The SMILES string of the molecule is Cc1ccc(-c2cnc(SCC(=O)O)[nH]2)cc1[N+](=O)[O-]. The number of aryl methyl sites for hydroxylation is 1. The summed E-state index contributed by atoms with van der Waals surface area (Å²) in [6.45, 7) is 1.67. The van der Waals surface area contributed by atoms with Crippen LogP contribution in [0.3, 0.4) is 0 Å². The molecule has 7 nitrogen and oxygen atoms in total. The Morgan fingerprint density at radius 2 is 2.30 bits per heavy atom. The summed E-state index contributed by atoms with van der Waals surface area (Å²) in [5.74, 6) is -1.03. The minimum absolute atomic E-state index is 0.0387. The summed E-state index contributed by atoms with van der Waals surface area (Å²) < 4.78 is 0. The Labute approximate surface area is 118 Å². The van der Waals surface area contributed by atoms with E-state index < -0.39 is 10.9 Å². The molecule has 2 rings (SSSR count). The highest BCUT2D eigenvalue weighted by Crippen LogP contribution is 2.27. The smallest absolute Gasteiger partial charge is 0.313 e. The molecule has 0 aliphatic rings. The van der Waals surface area contributed by atoms with Gasteiger partial charge in [0.05, 0.1) is 22.6 Å². The van der Waals surface area contributed by atoms with E-state index in [1.54, 1.807) is 19.1 Å². The maximum absolute atomic E-state index is 10.9. The molecule has 0 fully saturated rings. The van der Waals surface area contributed by atoms with Gasteiger partial charge in [-0.25, -0.2) is 4.98 Å². The molecule has 2 aromatic rings. The van der Waals surface area contributed by atoms with Gasteiger partial charge in [0.2, 0.25) is 0 Å². The number of aromatic amines is 1. The number of aliphatic carboxylic acids is 1. The highest BCUT2D eigenvalue weighted by atomic mass is 32.2. The molecule has 20 heavy (non-hydrogen) atoms. The van der Waals surface area contributed by atoms with Crippen LogP contribution in [0.5, 0.6) is 0 Å². The van der Waals surface area contributed by atoms with E-state index in [0.29, 0.717) is 22.0 Å². The van der Waals surface area contributed by atoms with Crippen molar-refractivity contribution in [3.05, 3.63) is 40.1 Å². The summed E-state index contributed by atoms with van der Waals surface area (Å²) in [6, 6.07) is 4.88. The number of carboxylic acids is 1. The quantitative estimate of drug-likeness (QED) is 0.498. The first kappa shape index (κ1) is 14.1. The average Bonchev–Trinajstić information content (AvgIpc) is 2.85. The standard InChI is InChI=1S/C12H11N3O4S/c1-7-2-3-8(4-10(7)15(18)19)9-5-13-12(14-9)20-6-11(16)17/h2-5H,6H2,1H3,(H,13,14)(H,16,17). The van der Waals surface area contributed by atoms with E-state index in [0.717, 1.165) is 11.8 Å². The average molecular weight is 293 g/mol. The van der Waals surface area contributed by atoms with Gasteiger partial charge >= 0.3 is 5.97 Å². The molecule has 0 aliphatic heterocycles. The minimum Gasteiger partial charge on any atom is -0.481 e. The molecule has 1 aromatic heterocycles. The van der Waals surface area contributed by atoms with Gasteiger partial charge in [0.15, 0.2) is 5.16 Å². The molecule has 0 aliphatic carbocycles. The Morgan fingerprint density at radius 3 is 2.95 bits per heavy atom. The van der Waals surface area contributed by atoms with E-state index in [9.17, 15) is 14.9 Å². The van der Waals surface area contributed by atoms with Gasteiger partial charge in [-0.15, -0.1) is 0 Å². The molecule has 0 bridgehead atoms. The third kappa shape index (κ3) is 3.15. The number of hydrogen-bond acceptors (Lipinski definition) is 5. The van der Waals surface area contributed by atoms with E-state index in [4.69, 9.17) is 5.11 Å². The van der Waals surface area contributed by atoms with Crippen molar-refractivity contribution in [2.24, 2.45) is 0 Å². The number of H-pyrrole nitrogens is 1. The molecule has 2 N–H and O–H groups in total. The summed E-state index contributed by atoms with van der Waals surface area (Å²) in [5, 5.41) is 20.0. The zero-order valence-corrected chi connectivity index (χ0v) is 11.3. The van der Waals surface area contributed by atoms with Crippen LogP contribution in [0.2, 0.25) is 0 Å². The molecule has 0 amide bonds. The number of nitro groups is 1. The van der Waals surface area contributed by atoms with Crippen LogP contribution in [0.25, 0.3) is 11.3 Å². The molecule has 0 radical (unpaired) electrons. The van der Waals surface area contributed by atoms with Crippen LogP contribution in [0.4, 0.5) is 5.69 Å². The summed E-state index contributed by atoms with van der Waals surface area (Å²) in [4.78, 5) is 27.9. The lowest BCUT2D eigenvalue weighted by Gasteiger charge is -2.00. The topological polar surface area (TPSA) is 109 Å². The highest BCUT2D eigenvalue weighted by Gasteiger charge is 2.13. The van der Waals surface area contributed by atoms with E-state index in [2.05, 4.69) is 9.97 Å². The third-order valence-electron chi connectivity index (χ3n) is 2.60. The first-order valence-electron chi connectivity index (χ1n) is 5.62. The zero-order valence-electron chi connectivity index (χ0n) is 10.5. The Balaban J connectivity index is 2.26. The molecule has 8 heteroatoms. The number of carboxylic acid groups (broad SMARTS) is 1. The number of benzene rings is 1. The number of rotatable bonds is 5. The summed E-state index contributed by atoms with van der Waals surface area (Å²) in [7, 11) is 0. The lowest BCUT2D eigenvalue weighted by molar-refractivity contribution is -0.385. The molecule has 104 valence electrons. The van der Waals surface area contributed by atoms with E-state index in [1.165, 1.54) is 12.3 Å². The summed E-state index contributed by atoms with van der Waals surface area (Å²) >= 11 is 1.06. The molecule has 1 heterocycles. The number of carbonyl (C=O) groups is 1. The predicted molar refractivity (Wildman–Crippen MR) is 73.8 cm³/mol. The van der Waals surface area contributed by atoms with Crippen LogP contribution in [-0.4, -0.2) is 31.7 Å². The van der Waals surface area contributed by atoms with Crippen molar-refractivity contribution in [1.29, 1.82) is 0 Å². The van der Waals surface area contributed by atoms with Gasteiger partial charge in [0, 0.05) is 17.2 Å². The fraction of sp³-hybridized carbons (Fsp3) is 0.167. The summed E-state index contributed by atoms with van der Waals surface area (Å²) in [6.07, 6.45) is 1.53. The predicted octanol–water partition coefficient (Wildman–Crippen LogP) is 2.47. The largest absolute Gasteiger partial charge is 0.481 e. The molecular weight excluding hydrogens is 282 g/mol. The zero-order chi connectivity index (χ0) is 14.7. The normalized spacial score (nSPS) is 10.4. The fourth-order valence-corrected chi connectivity index (χ4v) is 2.20. The van der Waals surface area contributed by atoms with Crippen molar-refractivity contribution < 1.29 is 14.8 Å². The Bertz CT molecular complexity index is 668. The van der Waals surface area contributed by atoms with Crippen molar-refractivity contribution in [3.63, 3.8) is 0 Å². The van der Waals surface area contributed by atoms with Crippen molar-refractivity contribution in [3.8, 4) is 11.3 Å². The number of nitro benzene ring substituents is 1. The van der Waals surface area contributed by atoms with Crippen LogP contribution >= 0.6 is 11.8 Å². The monoisotopic (exact) mass is 293 g/mol. The third-order valence-corrected chi connectivity index (χ3v) is 3.47. The van der Waals surface area contributed by atoms with E-state index in [-0.39, 0.29) is 11.4 Å². The molecule has 0 spiro atoms. The van der Waals surface area contributed by atoms with Crippen LogP contribution in [0, 0.1) is 17.0 Å². The van der Waals surface area contributed by atoms with Crippen molar-refractivity contribution in [2.75, 3.05) is 5.75 Å². The van der Waals surface area contributed by atoms with Gasteiger partial charge in [-0.1, -0.05) is 23.9 Å². The molecule has 1 aromatic carbocycles. The van der Waals surface area contributed by atoms with Gasteiger partial charge in [0.1, 0.15) is 0 Å². The van der Waals surface area contributed by atoms with Gasteiger partial charge in [-0.2, -0.15) is 0 Å². The summed E-state index contributed by atoms with van der Waals surface area (Å²) in [5.41, 5.74) is 1.87. The maximum Gasteiger partial charge on any atom is 0.313 e. The highest BCUT2D eigenvalue weighted by molar-refractivity contribution is 7.99. The van der Waals surface area contributed by atoms with Crippen molar-refractivity contribution in [1.82, 2.24) is 9.97 Å². The Hall–Kier alpha value is -2.35. The van der Waals surface area contributed by atoms with Gasteiger partial charge in [0.25, 0.3) is 5.69 Å². The van der Waals surface area contributed by atoms with Crippen molar-refractivity contribution in [2.45, 2.75) is 12.1 Å². The number of thioether (sulfide) groups is 1. The first-order chi connectivity index (χ1) is 9.47. The lowest BCUT2D eigenvalue weighted by atomic mass is 10.1. The van der Waals surface area contributed by atoms with Crippen molar-refractivity contribution >= 4 is 23.4 Å². The number of nitrogens with zero attached hydrogens (tertiary/aromatic N) is 2. The van der Waals surface area contributed by atoms with Crippen LogP contribution in [-0.2, 0) is 4.79 Å². The lowest BCUT2D eigenvalue weighted by Crippen LogP contribution is -1.97.